The van der Waals surface area contributed by atoms with Crippen LogP contribution in [-0.4, -0.2) is 57.7 Å². The molecule has 0 unspecified atom stereocenters. The molecule has 0 saturated carbocycles. The predicted octanol–water partition coefficient (Wildman–Crippen LogP) is 3.84. The molecule has 0 aromatic carbocycles. The van der Waals surface area contributed by atoms with Crippen molar-refractivity contribution in [3.05, 3.63) is 41.9 Å². The minimum absolute atomic E-state index is 0.157. The number of aromatic nitrogens is 2. The molecule has 2 rings (SSSR count). The third kappa shape index (κ3) is 8.36. The number of aryl methyl sites for hydroxylation is 1. The Labute approximate surface area is 183 Å². The van der Waals surface area contributed by atoms with Crippen LogP contribution in [0.15, 0.2) is 28.9 Å². The highest BCUT2D eigenvalue weighted by atomic mass is 32.2. The summed E-state index contributed by atoms with van der Waals surface area (Å²) < 4.78 is 9.36. The quantitative estimate of drug-likeness (QED) is 0.389. The number of amides is 2. The van der Waals surface area contributed by atoms with Crippen molar-refractivity contribution in [1.29, 1.82) is 0 Å². The minimum Gasteiger partial charge on any atom is -0.464 e. The van der Waals surface area contributed by atoms with Gasteiger partial charge in [-0.05, 0) is 32.6 Å². The summed E-state index contributed by atoms with van der Waals surface area (Å²) in [5, 5.41) is 2.91. The van der Waals surface area contributed by atoms with Crippen LogP contribution in [0, 0.1) is 0 Å². The van der Waals surface area contributed by atoms with E-state index >= 15 is 0 Å². The highest BCUT2D eigenvalue weighted by Crippen LogP contribution is 2.16. The zero-order chi connectivity index (χ0) is 21.2. The largest absolute Gasteiger partial charge is 0.464 e. The van der Waals surface area contributed by atoms with Crippen LogP contribution in [0.25, 0.3) is 0 Å². The third-order valence-corrected chi connectivity index (χ3v) is 5.59. The van der Waals surface area contributed by atoms with Gasteiger partial charge in [0.25, 0.3) is 0 Å². The van der Waals surface area contributed by atoms with E-state index in [1.54, 1.807) is 11.8 Å². The van der Waals surface area contributed by atoms with Crippen molar-refractivity contribution in [3.63, 3.8) is 0 Å². The Morgan fingerprint density at radius 1 is 1.34 bits per heavy atom. The number of imidazole rings is 1. The van der Waals surface area contributed by atoms with Gasteiger partial charge in [-0.2, -0.15) is 11.8 Å². The van der Waals surface area contributed by atoms with E-state index in [9.17, 15) is 4.79 Å². The summed E-state index contributed by atoms with van der Waals surface area (Å²) >= 11 is 6.04. The van der Waals surface area contributed by atoms with Gasteiger partial charge in [0, 0.05) is 43.7 Å². The standard InChI is InChI=1S/C20H33N5O2S2/c1-16(2)19-21-8-12-24(19)10-5-11-25(28)20(26)22-9-13-29-15-18-7-6-17(27-18)14-23(3)4/h6-8,12,16,28H,5,9-11,13-15H2,1-4H3,(H,22,26). The molecule has 0 aliphatic rings. The van der Waals surface area contributed by atoms with Crippen molar-refractivity contribution in [2.45, 2.75) is 45.0 Å². The smallest absolute Gasteiger partial charge is 0.327 e. The second-order valence-electron chi connectivity index (χ2n) is 7.50. The summed E-state index contributed by atoms with van der Waals surface area (Å²) in [4.78, 5) is 18.6. The van der Waals surface area contributed by atoms with Crippen molar-refractivity contribution in [2.24, 2.45) is 0 Å². The highest BCUT2D eigenvalue weighted by molar-refractivity contribution is 7.98. The fraction of sp³-hybridized carbons (Fsp3) is 0.600. The van der Waals surface area contributed by atoms with Crippen LogP contribution in [-0.2, 0) is 18.8 Å². The van der Waals surface area contributed by atoms with Gasteiger partial charge in [0.05, 0.1) is 12.3 Å². The first kappa shape index (κ1) is 23.7. The topological polar surface area (TPSA) is 66.5 Å². The van der Waals surface area contributed by atoms with Gasteiger partial charge in [0.2, 0.25) is 0 Å². The number of carbonyl (C=O) groups excluding carboxylic acids is 1. The SMILES string of the molecule is CC(C)c1nccn1CCCN(S)C(=O)NCCSCc1ccc(CN(C)C)o1. The van der Waals surface area contributed by atoms with E-state index in [1.807, 2.05) is 38.6 Å². The van der Waals surface area contributed by atoms with Crippen LogP contribution < -0.4 is 5.32 Å². The van der Waals surface area contributed by atoms with E-state index in [0.717, 1.165) is 48.4 Å². The molecule has 2 amide bonds. The lowest BCUT2D eigenvalue weighted by atomic mass is 10.2. The number of thiol groups is 1. The molecular weight excluding hydrogens is 406 g/mol. The van der Waals surface area contributed by atoms with Gasteiger partial charge in [-0.25, -0.2) is 9.78 Å². The zero-order valence-corrected chi connectivity index (χ0v) is 19.5. The van der Waals surface area contributed by atoms with Crippen LogP contribution in [0.4, 0.5) is 4.79 Å². The average molecular weight is 440 g/mol. The molecule has 0 radical (unpaired) electrons. The van der Waals surface area contributed by atoms with E-state index in [-0.39, 0.29) is 6.03 Å². The van der Waals surface area contributed by atoms with Gasteiger partial charge in [-0.1, -0.05) is 26.7 Å². The fourth-order valence-corrected chi connectivity index (χ4v) is 3.85. The van der Waals surface area contributed by atoms with Gasteiger partial charge in [0.1, 0.15) is 17.3 Å². The van der Waals surface area contributed by atoms with E-state index in [0.29, 0.717) is 19.0 Å². The lowest BCUT2D eigenvalue weighted by molar-refractivity contribution is 0.226. The van der Waals surface area contributed by atoms with Crippen molar-refractivity contribution >= 4 is 30.6 Å². The Morgan fingerprint density at radius 2 is 2.10 bits per heavy atom. The second kappa shape index (κ2) is 12.2. The van der Waals surface area contributed by atoms with Crippen LogP contribution in [0.1, 0.15) is 43.5 Å². The molecule has 7 nitrogen and oxygen atoms in total. The summed E-state index contributed by atoms with van der Waals surface area (Å²) in [5.74, 6) is 5.03. The Morgan fingerprint density at radius 3 is 2.83 bits per heavy atom. The Hall–Kier alpha value is -1.58. The average Bonchev–Trinajstić information content (AvgIpc) is 3.30. The summed E-state index contributed by atoms with van der Waals surface area (Å²) in [7, 11) is 4.04. The number of urea groups is 1. The number of carbonyl (C=O) groups is 1. The Kier molecular flexibility index (Phi) is 9.96. The van der Waals surface area contributed by atoms with E-state index < -0.39 is 0 Å². The number of hydrogen-bond donors (Lipinski definition) is 2. The molecule has 1 N–H and O–H groups in total. The van der Waals surface area contributed by atoms with Crippen molar-refractivity contribution in [1.82, 2.24) is 24.1 Å². The predicted molar refractivity (Wildman–Crippen MR) is 122 cm³/mol. The van der Waals surface area contributed by atoms with Crippen molar-refractivity contribution < 1.29 is 9.21 Å². The second-order valence-corrected chi connectivity index (χ2v) is 9.09. The number of rotatable bonds is 12. The first-order chi connectivity index (χ1) is 13.9. The Bertz CT molecular complexity index is 745. The van der Waals surface area contributed by atoms with Crippen molar-refractivity contribution in [2.75, 3.05) is 32.9 Å². The molecule has 0 atom stereocenters. The molecule has 0 saturated heterocycles. The molecule has 0 spiro atoms. The molecule has 9 heteroatoms. The first-order valence-electron chi connectivity index (χ1n) is 9.92. The lowest BCUT2D eigenvalue weighted by Gasteiger charge is -2.17. The number of furan rings is 1. The molecule has 29 heavy (non-hydrogen) atoms. The minimum atomic E-state index is -0.157. The molecule has 0 fully saturated rings. The number of nitrogens with one attached hydrogen (secondary N) is 1. The summed E-state index contributed by atoms with van der Waals surface area (Å²) in [6.07, 6.45) is 4.64. The van der Waals surface area contributed by atoms with E-state index in [4.69, 9.17) is 4.42 Å². The van der Waals surface area contributed by atoms with E-state index in [2.05, 4.69) is 46.4 Å². The number of nitrogens with zero attached hydrogens (tertiary/aromatic N) is 4. The maximum atomic E-state index is 12.1. The molecule has 2 aromatic rings. The Balaban J connectivity index is 1.57. The first-order valence-corrected chi connectivity index (χ1v) is 11.5. The summed E-state index contributed by atoms with van der Waals surface area (Å²) in [6, 6.07) is 3.88. The zero-order valence-electron chi connectivity index (χ0n) is 17.8. The monoisotopic (exact) mass is 439 g/mol. The lowest BCUT2D eigenvalue weighted by Crippen LogP contribution is -2.36. The fourth-order valence-electron chi connectivity index (χ4n) is 2.89. The van der Waals surface area contributed by atoms with Crippen LogP contribution in [0.5, 0.6) is 0 Å². The maximum Gasteiger partial charge on any atom is 0.327 e. The third-order valence-electron chi connectivity index (χ3n) is 4.22. The van der Waals surface area contributed by atoms with Gasteiger partial charge < -0.3 is 19.2 Å². The maximum absolute atomic E-state index is 12.1. The summed E-state index contributed by atoms with van der Waals surface area (Å²) in [6.45, 7) is 7.07. The molecule has 0 aliphatic carbocycles. The highest BCUT2D eigenvalue weighted by Gasteiger charge is 2.11. The van der Waals surface area contributed by atoms with Gasteiger partial charge in [0.15, 0.2) is 0 Å². The van der Waals surface area contributed by atoms with Gasteiger partial charge in [-0.15, -0.1) is 0 Å². The number of thioether (sulfide) groups is 1. The van der Waals surface area contributed by atoms with Crippen LogP contribution in [0.2, 0.25) is 0 Å². The molecule has 0 aliphatic heterocycles. The van der Waals surface area contributed by atoms with Gasteiger partial charge >= 0.3 is 6.03 Å². The van der Waals surface area contributed by atoms with E-state index in [1.165, 1.54) is 4.31 Å². The molecule has 2 heterocycles. The normalized spacial score (nSPS) is 11.4. The van der Waals surface area contributed by atoms with Crippen LogP contribution >= 0.6 is 24.6 Å². The molecule has 2 aromatic heterocycles. The van der Waals surface area contributed by atoms with Gasteiger partial charge in [-0.3, -0.25) is 4.31 Å². The van der Waals surface area contributed by atoms with Crippen molar-refractivity contribution in [3.8, 4) is 0 Å². The molecule has 0 bridgehead atoms. The molecular formula is C20H33N5O2S2. The summed E-state index contributed by atoms with van der Waals surface area (Å²) in [5.41, 5.74) is 0. The molecule has 162 valence electrons. The van der Waals surface area contributed by atoms with Crippen LogP contribution in [0.3, 0.4) is 0 Å². The number of hydrogen-bond acceptors (Lipinski definition) is 6.